The normalized spacial score (nSPS) is 13.4. The van der Waals surface area contributed by atoms with Crippen molar-refractivity contribution in [3.63, 3.8) is 0 Å². The predicted octanol–water partition coefficient (Wildman–Crippen LogP) is -4.76. The molecule has 11 heavy (non-hydrogen) atoms. The molecule has 6 nitrogen and oxygen atoms in total. The largest absolute Gasteiger partial charge is 1.00 e. The summed E-state index contributed by atoms with van der Waals surface area (Å²) in [4.78, 5) is 25.9. The fourth-order valence-electron chi connectivity index (χ4n) is 0.249. The van der Waals surface area contributed by atoms with Crippen molar-refractivity contribution >= 4 is 13.8 Å². The Morgan fingerprint density at radius 3 is 2.09 bits per heavy atom. The average Bonchev–Trinajstić information content (AvgIpc) is 1.60. The first-order valence-corrected chi connectivity index (χ1v) is 3.81. The Morgan fingerprint density at radius 1 is 1.64 bits per heavy atom. The van der Waals surface area contributed by atoms with Crippen LogP contribution < -0.4 is 34.7 Å². The molecule has 0 heterocycles. The van der Waals surface area contributed by atoms with Crippen LogP contribution >= 0.6 is 7.82 Å². The van der Waals surface area contributed by atoms with Gasteiger partial charge in [-0.05, 0) is 6.92 Å². The van der Waals surface area contributed by atoms with Crippen LogP contribution in [0.5, 0.6) is 0 Å². The third kappa shape index (κ3) is 8.49. The summed E-state index contributed by atoms with van der Waals surface area (Å²) in [5.74, 6) is -1.66. The third-order valence-corrected chi connectivity index (χ3v) is 1.22. The van der Waals surface area contributed by atoms with E-state index in [-0.39, 0.29) is 29.6 Å². The number of phosphoric acid groups is 1. The molecule has 0 fully saturated rings. The van der Waals surface area contributed by atoms with Crippen molar-refractivity contribution in [3.8, 4) is 0 Å². The van der Waals surface area contributed by atoms with E-state index in [9.17, 15) is 14.5 Å². The van der Waals surface area contributed by atoms with Crippen molar-refractivity contribution in [1.82, 2.24) is 0 Å². The second-order valence-corrected chi connectivity index (χ2v) is 2.75. The topological polar surface area (TPSA) is 107 Å². The van der Waals surface area contributed by atoms with Gasteiger partial charge in [-0.2, -0.15) is 0 Å². The molecular formula is C3H6NaO6P. The van der Waals surface area contributed by atoms with Crippen molar-refractivity contribution in [1.29, 1.82) is 0 Å². The van der Waals surface area contributed by atoms with Crippen LogP contribution in [0.2, 0.25) is 0 Å². The molecule has 0 aliphatic rings. The summed E-state index contributed by atoms with van der Waals surface area (Å²) in [7, 11) is -4.70. The molecule has 60 valence electrons. The Morgan fingerprint density at radius 2 is 2.00 bits per heavy atom. The number of rotatable bonds is 3. The van der Waals surface area contributed by atoms with Gasteiger partial charge >= 0.3 is 37.4 Å². The standard InChI is InChI=1S/C3H7O6P.Na/c1-2(3(4)5)9-10(6,7)8;/h2H,1H3,(H,4,5)(H2,6,7,8);/q;+1/p-1/t2-;/m0./s1. The first-order valence-electron chi connectivity index (χ1n) is 2.28. The van der Waals surface area contributed by atoms with E-state index in [1.165, 1.54) is 0 Å². The van der Waals surface area contributed by atoms with Crippen LogP contribution in [0.1, 0.15) is 6.92 Å². The van der Waals surface area contributed by atoms with Crippen LogP contribution in [-0.4, -0.2) is 21.9 Å². The van der Waals surface area contributed by atoms with Gasteiger partial charge in [0.2, 0.25) is 0 Å². The van der Waals surface area contributed by atoms with E-state index in [0.29, 0.717) is 0 Å². The second-order valence-electron chi connectivity index (χ2n) is 1.56. The van der Waals surface area contributed by atoms with Crippen molar-refractivity contribution in [2.75, 3.05) is 0 Å². The van der Waals surface area contributed by atoms with Gasteiger partial charge in [0.15, 0.2) is 0 Å². The summed E-state index contributed by atoms with van der Waals surface area (Å²) in [5.41, 5.74) is 0. The number of carboxylic acid groups (broad SMARTS) is 1. The number of carbonyl (C=O) groups excluding carboxylic acids is 1. The molecular weight excluding hydrogens is 186 g/mol. The van der Waals surface area contributed by atoms with Gasteiger partial charge in [-0.25, -0.2) is 4.57 Å². The van der Waals surface area contributed by atoms with E-state index >= 15 is 0 Å². The number of hydrogen-bond acceptors (Lipinski definition) is 4. The summed E-state index contributed by atoms with van der Waals surface area (Å²) in [5, 5.41) is 9.80. The Balaban J connectivity index is 0. The molecule has 0 aliphatic carbocycles. The Hall–Kier alpha value is 0.580. The summed E-state index contributed by atoms with van der Waals surface area (Å²) in [6, 6.07) is 0. The molecule has 0 aromatic carbocycles. The maximum absolute atomic E-state index is 9.93. The number of carboxylic acids is 1. The maximum atomic E-state index is 9.93. The van der Waals surface area contributed by atoms with Crippen LogP contribution in [0.4, 0.5) is 0 Å². The summed E-state index contributed by atoms with van der Waals surface area (Å²) >= 11 is 0. The molecule has 0 saturated carbocycles. The molecule has 0 aromatic heterocycles. The summed E-state index contributed by atoms with van der Waals surface area (Å²) in [6.45, 7) is 0.967. The zero-order chi connectivity index (χ0) is 8.36. The molecule has 2 N–H and O–H groups in total. The van der Waals surface area contributed by atoms with Crippen molar-refractivity contribution in [2.45, 2.75) is 13.0 Å². The molecule has 0 amide bonds. The SMILES string of the molecule is C[C@H](OP(=O)(O)O)C(=O)[O-].[Na+]. The molecule has 0 saturated heterocycles. The maximum Gasteiger partial charge on any atom is 1.00 e. The van der Waals surface area contributed by atoms with E-state index in [4.69, 9.17) is 9.79 Å². The van der Waals surface area contributed by atoms with Crippen LogP contribution in [0.3, 0.4) is 0 Å². The molecule has 8 heteroatoms. The van der Waals surface area contributed by atoms with Gasteiger partial charge in [0, 0.05) is 0 Å². The number of carbonyl (C=O) groups is 1. The minimum Gasteiger partial charge on any atom is -0.547 e. The molecule has 1 atom stereocenters. The van der Waals surface area contributed by atoms with Crippen molar-refractivity contribution < 1.29 is 58.3 Å². The van der Waals surface area contributed by atoms with E-state index in [1.54, 1.807) is 0 Å². The third-order valence-electron chi connectivity index (χ3n) is 0.627. The molecule has 0 aliphatic heterocycles. The van der Waals surface area contributed by atoms with Gasteiger partial charge in [-0.1, -0.05) is 0 Å². The van der Waals surface area contributed by atoms with Crippen molar-refractivity contribution in [2.24, 2.45) is 0 Å². The molecule has 0 bridgehead atoms. The summed E-state index contributed by atoms with van der Waals surface area (Å²) < 4.78 is 13.6. The van der Waals surface area contributed by atoms with Gasteiger partial charge < -0.3 is 19.7 Å². The van der Waals surface area contributed by atoms with Gasteiger partial charge in [0.1, 0.15) is 6.10 Å². The molecule has 0 unspecified atom stereocenters. The van der Waals surface area contributed by atoms with E-state index < -0.39 is 19.9 Å². The van der Waals surface area contributed by atoms with E-state index in [2.05, 4.69) is 4.52 Å². The predicted molar refractivity (Wildman–Crippen MR) is 27.6 cm³/mol. The molecule has 0 spiro atoms. The van der Waals surface area contributed by atoms with Crippen LogP contribution in [0.25, 0.3) is 0 Å². The van der Waals surface area contributed by atoms with Gasteiger partial charge in [-0.15, -0.1) is 0 Å². The van der Waals surface area contributed by atoms with E-state index in [1.807, 2.05) is 0 Å². The quantitative estimate of drug-likeness (QED) is 0.343. The zero-order valence-corrected chi connectivity index (χ0v) is 8.95. The van der Waals surface area contributed by atoms with Gasteiger partial charge in [0.05, 0.1) is 5.97 Å². The van der Waals surface area contributed by atoms with Gasteiger partial charge in [-0.3, -0.25) is 4.52 Å². The van der Waals surface area contributed by atoms with Crippen molar-refractivity contribution in [3.05, 3.63) is 0 Å². The number of hydrogen-bond donors (Lipinski definition) is 2. The van der Waals surface area contributed by atoms with Crippen LogP contribution in [0.15, 0.2) is 0 Å². The smallest absolute Gasteiger partial charge is 0.547 e. The number of phosphoric ester groups is 1. The van der Waals surface area contributed by atoms with Crippen LogP contribution in [-0.2, 0) is 13.9 Å². The minimum atomic E-state index is -4.70. The number of aliphatic carboxylic acids is 1. The Labute approximate surface area is 85.1 Å². The zero-order valence-electron chi connectivity index (χ0n) is 6.05. The van der Waals surface area contributed by atoms with Gasteiger partial charge in [0.25, 0.3) is 0 Å². The fourth-order valence-corrected chi connectivity index (χ4v) is 0.747. The van der Waals surface area contributed by atoms with E-state index in [0.717, 1.165) is 6.92 Å². The first kappa shape index (κ1) is 14.1. The first-order chi connectivity index (χ1) is 4.33. The molecule has 0 rings (SSSR count). The Bertz CT molecular complexity index is 175. The minimum absolute atomic E-state index is 0. The monoisotopic (exact) mass is 192 g/mol. The fraction of sp³-hybridized carbons (Fsp3) is 0.667. The molecule has 0 aromatic rings. The second kappa shape index (κ2) is 5.27. The molecule has 0 radical (unpaired) electrons. The Kier molecular flexibility index (Phi) is 6.76. The average molecular weight is 192 g/mol. The van der Waals surface area contributed by atoms with Crippen LogP contribution in [0, 0.1) is 0 Å². The summed E-state index contributed by atoms with van der Waals surface area (Å²) in [6.07, 6.45) is -1.60.